The Morgan fingerprint density at radius 3 is 2.97 bits per heavy atom. The van der Waals surface area contributed by atoms with Gasteiger partial charge in [0.2, 0.25) is 0 Å². The van der Waals surface area contributed by atoms with E-state index in [9.17, 15) is 4.79 Å². The van der Waals surface area contributed by atoms with Crippen LogP contribution in [0.5, 0.6) is 0 Å². The van der Waals surface area contributed by atoms with E-state index in [1.54, 1.807) is 17.7 Å². The predicted octanol–water partition coefficient (Wildman–Crippen LogP) is 4.18. The average molecular weight is 546 g/mol. The Balaban J connectivity index is 1.06. The molecule has 0 saturated carbocycles. The first-order valence-electron chi connectivity index (χ1n) is 13.7. The van der Waals surface area contributed by atoms with Gasteiger partial charge in [-0.25, -0.2) is 19.7 Å². The van der Waals surface area contributed by atoms with E-state index < -0.39 is 0 Å². The van der Waals surface area contributed by atoms with Gasteiger partial charge in [-0.2, -0.15) is 0 Å². The molecule has 0 bridgehead atoms. The van der Waals surface area contributed by atoms with E-state index in [4.69, 9.17) is 0 Å². The Morgan fingerprint density at radius 1 is 1.21 bits per heavy atom. The number of amides is 2. The summed E-state index contributed by atoms with van der Waals surface area (Å²) in [4.78, 5) is 33.9. The zero-order chi connectivity index (χ0) is 26.8. The van der Waals surface area contributed by atoms with Gasteiger partial charge in [0.25, 0.3) is 0 Å². The van der Waals surface area contributed by atoms with E-state index in [1.807, 2.05) is 22.5 Å². The van der Waals surface area contributed by atoms with Crippen molar-refractivity contribution < 1.29 is 4.79 Å². The third-order valence-electron chi connectivity index (χ3n) is 7.59. The minimum atomic E-state index is 0.00688. The number of piperazine rings is 1. The molecule has 11 heteroatoms. The van der Waals surface area contributed by atoms with E-state index in [1.165, 1.54) is 5.57 Å². The van der Waals surface area contributed by atoms with E-state index in [2.05, 4.69) is 72.8 Å². The van der Waals surface area contributed by atoms with Gasteiger partial charge in [0, 0.05) is 62.7 Å². The molecule has 0 aliphatic carbocycles. The fraction of sp³-hybridized carbons (Fsp3) is 0.429. The zero-order valence-corrected chi connectivity index (χ0v) is 23.2. The van der Waals surface area contributed by atoms with Crippen molar-refractivity contribution >= 4 is 55.7 Å². The first kappa shape index (κ1) is 25.7. The lowest BCUT2D eigenvalue weighted by atomic mass is 10.1. The van der Waals surface area contributed by atoms with Gasteiger partial charge in [0.05, 0.1) is 21.1 Å². The van der Waals surface area contributed by atoms with Crippen molar-refractivity contribution in [3.8, 4) is 0 Å². The van der Waals surface area contributed by atoms with Crippen LogP contribution in [0.1, 0.15) is 32.4 Å². The second kappa shape index (κ2) is 11.3. The summed E-state index contributed by atoms with van der Waals surface area (Å²) in [5.41, 5.74) is 6.81. The SMILES string of the molecule is CCC1CN(CCNC(=O)N2CC=C(c3cc4c(Nc5ccc6ncsc6c5)ncnc4[nH]3)CC2)CC(C)N1. The molecule has 2 amide bonds. The maximum Gasteiger partial charge on any atom is 0.317 e. The van der Waals surface area contributed by atoms with Crippen molar-refractivity contribution in [2.45, 2.75) is 38.8 Å². The van der Waals surface area contributed by atoms with Crippen molar-refractivity contribution in [3.63, 3.8) is 0 Å². The molecule has 1 fully saturated rings. The summed E-state index contributed by atoms with van der Waals surface area (Å²) in [5, 5.41) is 11.1. The van der Waals surface area contributed by atoms with E-state index in [0.29, 0.717) is 31.7 Å². The number of carbonyl (C=O) groups is 1. The predicted molar refractivity (Wildman–Crippen MR) is 157 cm³/mol. The number of aromatic amines is 1. The smallest absolute Gasteiger partial charge is 0.317 e. The first-order chi connectivity index (χ1) is 19.1. The zero-order valence-electron chi connectivity index (χ0n) is 22.4. The molecule has 39 heavy (non-hydrogen) atoms. The maximum atomic E-state index is 12.8. The summed E-state index contributed by atoms with van der Waals surface area (Å²) in [6.07, 6.45) is 5.61. The van der Waals surface area contributed by atoms with Crippen molar-refractivity contribution in [2.24, 2.45) is 0 Å². The second-order valence-electron chi connectivity index (χ2n) is 10.4. The first-order valence-corrected chi connectivity index (χ1v) is 14.6. The Labute approximate surface area is 231 Å². The molecule has 4 aromatic rings. The van der Waals surface area contributed by atoms with Crippen molar-refractivity contribution in [1.29, 1.82) is 0 Å². The second-order valence-corrected chi connectivity index (χ2v) is 11.3. The van der Waals surface area contributed by atoms with E-state index in [-0.39, 0.29) is 6.03 Å². The minimum absolute atomic E-state index is 0.00688. The van der Waals surface area contributed by atoms with Gasteiger partial charge in [0.15, 0.2) is 0 Å². The van der Waals surface area contributed by atoms with Crippen LogP contribution in [0, 0.1) is 0 Å². The van der Waals surface area contributed by atoms with Crippen LogP contribution < -0.4 is 16.0 Å². The van der Waals surface area contributed by atoms with Gasteiger partial charge in [-0.1, -0.05) is 13.0 Å². The van der Waals surface area contributed by atoms with Crippen LogP contribution in [0.4, 0.5) is 16.3 Å². The summed E-state index contributed by atoms with van der Waals surface area (Å²) in [7, 11) is 0. The molecule has 2 aliphatic rings. The molecule has 5 heterocycles. The number of nitrogens with one attached hydrogen (secondary N) is 4. The lowest BCUT2D eigenvalue weighted by Gasteiger charge is -2.37. The van der Waals surface area contributed by atoms with Crippen LogP contribution in [0.3, 0.4) is 0 Å². The van der Waals surface area contributed by atoms with Gasteiger partial charge < -0.3 is 25.8 Å². The standard InChI is InChI=1S/C28H35N9OS/c1-3-20-15-36(14-18(2)33-20)11-8-29-28(38)37-9-6-19(7-10-37)24-13-22-26(30-16-31-27(22)35-24)34-21-4-5-23-25(12-21)39-17-32-23/h4-6,12-13,16-18,20,33H,3,7-11,14-15H2,1-2H3,(H,29,38)(H2,30,31,34,35). The van der Waals surface area contributed by atoms with Crippen molar-refractivity contribution in [3.05, 3.63) is 47.9 Å². The Kier molecular flexibility index (Phi) is 7.45. The van der Waals surface area contributed by atoms with Crippen LogP contribution in [-0.2, 0) is 0 Å². The normalized spacial score (nSPS) is 20.4. The number of aromatic nitrogens is 4. The highest BCUT2D eigenvalue weighted by Gasteiger charge is 2.23. The largest absolute Gasteiger partial charge is 0.340 e. The molecule has 1 aromatic carbocycles. The summed E-state index contributed by atoms with van der Waals surface area (Å²) < 4.78 is 1.13. The number of nitrogens with zero attached hydrogens (tertiary/aromatic N) is 5. The van der Waals surface area contributed by atoms with Crippen molar-refractivity contribution in [1.82, 2.24) is 40.4 Å². The van der Waals surface area contributed by atoms with Gasteiger partial charge in [0.1, 0.15) is 17.8 Å². The maximum absolute atomic E-state index is 12.8. The summed E-state index contributed by atoms with van der Waals surface area (Å²) in [5.74, 6) is 0.757. The highest BCUT2D eigenvalue weighted by Crippen LogP contribution is 2.30. The molecular formula is C28H35N9OS. The van der Waals surface area contributed by atoms with Gasteiger partial charge >= 0.3 is 6.03 Å². The minimum Gasteiger partial charge on any atom is -0.340 e. The summed E-state index contributed by atoms with van der Waals surface area (Å²) in [6, 6.07) is 9.24. The molecule has 6 rings (SSSR count). The molecule has 0 radical (unpaired) electrons. The molecule has 2 unspecified atom stereocenters. The van der Waals surface area contributed by atoms with Crippen LogP contribution >= 0.6 is 11.3 Å². The lowest BCUT2D eigenvalue weighted by Crippen LogP contribution is -2.56. The molecule has 0 spiro atoms. The number of H-pyrrole nitrogens is 1. The third-order valence-corrected chi connectivity index (χ3v) is 8.38. The molecule has 10 nitrogen and oxygen atoms in total. The fourth-order valence-electron chi connectivity index (χ4n) is 5.52. The average Bonchev–Trinajstić information content (AvgIpc) is 3.60. The third kappa shape index (κ3) is 5.75. The fourth-order valence-corrected chi connectivity index (χ4v) is 6.24. The Bertz CT molecular complexity index is 1490. The van der Waals surface area contributed by atoms with Crippen molar-refractivity contribution in [2.75, 3.05) is 44.6 Å². The van der Waals surface area contributed by atoms with Crippen LogP contribution in [0.15, 0.2) is 42.2 Å². The van der Waals surface area contributed by atoms with E-state index >= 15 is 0 Å². The molecule has 4 N–H and O–H groups in total. The highest BCUT2D eigenvalue weighted by molar-refractivity contribution is 7.16. The summed E-state index contributed by atoms with van der Waals surface area (Å²) in [6.45, 7) is 9.33. The monoisotopic (exact) mass is 545 g/mol. The lowest BCUT2D eigenvalue weighted by molar-refractivity contribution is 0.162. The number of fused-ring (bicyclic) bond motifs is 2. The van der Waals surface area contributed by atoms with E-state index in [0.717, 1.165) is 70.9 Å². The molecule has 1 saturated heterocycles. The topological polar surface area (TPSA) is 114 Å². The quantitative estimate of drug-likeness (QED) is 0.275. The number of urea groups is 1. The molecule has 2 aliphatic heterocycles. The van der Waals surface area contributed by atoms with Gasteiger partial charge in [-0.3, -0.25) is 4.90 Å². The number of hydrogen-bond donors (Lipinski definition) is 4. The van der Waals surface area contributed by atoms with Crippen LogP contribution in [0.2, 0.25) is 0 Å². The molecular weight excluding hydrogens is 510 g/mol. The van der Waals surface area contributed by atoms with Gasteiger partial charge in [-0.15, -0.1) is 11.3 Å². The number of benzene rings is 1. The van der Waals surface area contributed by atoms with Crippen LogP contribution in [-0.4, -0.2) is 87.1 Å². The molecule has 3 aromatic heterocycles. The number of hydrogen-bond acceptors (Lipinski definition) is 8. The highest BCUT2D eigenvalue weighted by atomic mass is 32.1. The number of carbonyl (C=O) groups excluding carboxylic acids is 1. The van der Waals surface area contributed by atoms with Gasteiger partial charge in [-0.05, 0) is 49.6 Å². The Hall–Kier alpha value is -3.54. The molecule has 2 atom stereocenters. The summed E-state index contributed by atoms with van der Waals surface area (Å²) >= 11 is 1.62. The molecule has 204 valence electrons. The number of rotatable bonds is 7. The Morgan fingerprint density at radius 2 is 2.13 bits per heavy atom. The number of anilines is 2. The number of thiazole rings is 1. The van der Waals surface area contributed by atoms with Crippen LogP contribution in [0.25, 0.3) is 26.8 Å².